The molecule has 0 saturated carbocycles. The molecule has 0 aliphatic rings. The lowest BCUT2D eigenvalue weighted by atomic mass is 10.4. The zero-order valence-corrected chi connectivity index (χ0v) is 13.6. The fourth-order valence-corrected chi connectivity index (χ4v) is 2.99. The molecule has 18 heavy (non-hydrogen) atoms. The van der Waals surface area contributed by atoms with Crippen molar-refractivity contribution in [3.8, 4) is 0 Å². The number of benzene rings is 1. The van der Waals surface area contributed by atoms with Gasteiger partial charge in [0.1, 0.15) is 0 Å². The van der Waals surface area contributed by atoms with Crippen molar-refractivity contribution in [1.82, 2.24) is 0 Å². The van der Waals surface area contributed by atoms with Crippen LogP contribution in [0, 0.1) is 0 Å². The third-order valence-electron chi connectivity index (χ3n) is 1.98. The molecule has 0 N–H and O–H groups in total. The summed E-state index contributed by atoms with van der Waals surface area (Å²) in [5.41, 5.74) is 0. The maximum absolute atomic E-state index is 5.99. The highest BCUT2D eigenvalue weighted by Gasteiger charge is 2.20. The summed E-state index contributed by atoms with van der Waals surface area (Å²) in [6.07, 6.45) is 0. The van der Waals surface area contributed by atoms with Crippen molar-refractivity contribution in [2.75, 3.05) is 6.61 Å². The minimum absolute atomic E-state index is 0.631. The van der Waals surface area contributed by atoms with Gasteiger partial charge in [-0.15, -0.1) is 0 Å². The van der Waals surface area contributed by atoms with E-state index in [1.54, 1.807) is 11.8 Å². The Morgan fingerprint density at radius 3 is 2.28 bits per heavy atom. The smallest absolute Gasteiger partial charge is 0.275 e. The second-order valence-electron chi connectivity index (χ2n) is 4.91. The number of ether oxygens (including phenoxy) is 1. The molecular weight excluding hydrogens is 260 g/mol. The van der Waals surface area contributed by atoms with Crippen LogP contribution >= 0.6 is 11.8 Å². The van der Waals surface area contributed by atoms with E-state index in [4.69, 9.17) is 9.16 Å². The normalized spacial score (nSPS) is 12.9. The number of hydrogen-bond acceptors (Lipinski definition) is 3. The van der Waals surface area contributed by atoms with Gasteiger partial charge in [0.15, 0.2) is 0 Å². The second kappa shape index (κ2) is 6.90. The van der Waals surface area contributed by atoms with Gasteiger partial charge in [0.2, 0.25) is 8.32 Å². The fraction of sp³-hybridized carbons (Fsp3) is 0.429. The first kappa shape index (κ1) is 15.2. The van der Waals surface area contributed by atoms with Gasteiger partial charge in [0.05, 0.1) is 11.5 Å². The maximum Gasteiger partial charge on any atom is 0.275 e. The third kappa shape index (κ3) is 5.64. The molecule has 0 radical (unpaired) electrons. The van der Waals surface area contributed by atoms with E-state index in [0.29, 0.717) is 12.6 Å². The van der Waals surface area contributed by atoms with E-state index in [9.17, 15) is 0 Å². The molecule has 0 aromatic heterocycles. The second-order valence-corrected chi connectivity index (χ2v) is 10.6. The Hall–Kier alpha value is -0.873. The van der Waals surface area contributed by atoms with Gasteiger partial charge >= 0.3 is 0 Å². The van der Waals surface area contributed by atoms with E-state index < -0.39 is 8.32 Å². The van der Waals surface area contributed by atoms with Crippen LogP contribution in [0.3, 0.4) is 0 Å². The molecule has 0 unspecified atom stereocenters. The summed E-state index contributed by atoms with van der Waals surface area (Å²) in [5.74, 6) is 0.686. The topological polar surface area (TPSA) is 18.5 Å². The first-order valence-electron chi connectivity index (χ1n) is 6.18. The van der Waals surface area contributed by atoms with Gasteiger partial charge in [-0.3, -0.25) is 0 Å². The Bertz CT molecular complexity index is 396. The molecule has 100 valence electrons. The number of thioether (sulfide) groups is 1. The molecule has 0 spiro atoms. The molecule has 0 saturated heterocycles. The average Bonchev–Trinajstić information content (AvgIpc) is 2.28. The van der Waals surface area contributed by atoms with E-state index in [1.807, 2.05) is 32.0 Å². The van der Waals surface area contributed by atoms with Crippen molar-refractivity contribution in [3.63, 3.8) is 0 Å². The molecule has 0 heterocycles. The van der Waals surface area contributed by atoms with Crippen LogP contribution < -0.4 is 0 Å². The highest BCUT2D eigenvalue weighted by atomic mass is 32.2. The Balaban J connectivity index is 2.83. The van der Waals surface area contributed by atoms with Crippen molar-refractivity contribution < 1.29 is 9.16 Å². The van der Waals surface area contributed by atoms with Gasteiger partial charge in [-0.1, -0.05) is 30.0 Å². The average molecular weight is 282 g/mol. The van der Waals surface area contributed by atoms with Gasteiger partial charge in [0, 0.05) is 4.90 Å². The van der Waals surface area contributed by atoms with E-state index in [1.165, 1.54) is 4.90 Å². The zero-order valence-electron chi connectivity index (χ0n) is 11.8. The van der Waals surface area contributed by atoms with Gasteiger partial charge in [-0.25, -0.2) is 0 Å². The molecule has 1 rings (SSSR count). The molecule has 0 aliphatic carbocycles. The maximum atomic E-state index is 5.99. The summed E-state index contributed by atoms with van der Waals surface area (Å²) >= 11 is 1.68. The van der Waals surface area contributed by atoms with Crippen LogP contribution in [0.4, 0.5) is 0 Å². The highest BCUT2D eigenvalue weighted by Crippen LogP contribution is 2.30. The summed E-state index contributed by atoms with van der Waals surface area (Å²) in [5, 5.41) is 0. The molecule has 0 fully saturated rings. The summed E-state index contributed by atoms with van der Waals surface area (Å²) in [6, 6.07) is 10.3. The van der Waals surface area contributed by atoms with Crippen LogP contribution in [-0.2, 0) is 9.16 Å². The molecule has 4 heteroatoms. The Labute approximate surface area is 116 Å². The Morgan fingerprint density at radius 2 is 1.78 bits per heavy atom. The van der Waals surface area contributed by atoms with Gasteiger partial charge in [-0.2, -0.15) is 0 Å². The third-order valence-corrected chi connectivity index (χ3v) is 3.75. The number of rotatable bonds is 6. The molecule has 2 nitrogen and oxygen atoms in total. The van der Waals surface area contributed by atoms with E-state index in [2.05, 4.69) is 31.8 Å². The lowest BCUT2D eigenvalue weighted by Crippen LogP contribution is -2.26. The molecule has 0 atom stereocenters. The van der Waals surface area contributed by atoms with Crippen molar-refractivity contribution in [2.45, 2.75) is 38.4 Å². The van der Waals surface area contributed by atoms with E-state index >= 15 is 0 Å². The molecule has 0 amide bonds. The molecule has 0 bridgehead atoms. The molecule has 1 aromatic rings. The first-order valence-corrected chi connectivity index (χ1v) is 10.4. The summed E-state index contributed by atoms with van der Waals surface area (Å²) in [7, 11) is -1.63. The summed E-state index contributed by atoms with van der Waals surface area (Å²) in [6.45, 7) is 11.1. The van der Waals surface area contributed by atoms with Crippen molar-refractivity contribution >= 4 is 20.1 Å². The van der Waals surface area contributed by atoms with Crippen LogP contribution in [0.15, 0.2) is 46.1 Å². The van der Waals surface area contributed by atoms with Crippen molar-refractivity contribution in [2.24, 2.45) is 0 Å². The predicted octanol–water partition coefficient (Wildman–Crippen LogP) is 4.86. The summed E-state index contributed by atoms with van der Waals surface area (Å²) in [4.78, 5) is 2.27. The Kier molecular flexibility index (Phi) is 5.82. The van der Waals surface area contributed by atoms with Crippen molar-refractivity contribution in [1.29, 1.82) is 0 Å². The molecule has 1 aromatic carbocycles. The fourth-order valence-electron chi connectivity index (χ4n) is 1.32. The van der Waals surface area contributed by atoms with Gasteiger partial charge in [0.25, 0.3) is 5.95 Å². The number of allylic oxidation sites excluding steroid dienone is 1. The lowest BCUT2D eigenvalue weighted by Gasteiger charge is -2.22. The van der Waals surface area contributed by atoms with Crippen LogP contribution in [0.5, 0.6) is 0 Å². The summed E-state index contributed by atoms with van der Waals surface area (Å²) < 4.78 is 11.6. The van der Waals surface area contributed by atoms with Crippen LogP contribution in [-0.4, -0.2) is 14.9 Å². The minimum atomic E-state index is -1.63. The van der Waals surface area contributed by atoms with Crippen LogP contribution in [0.25, 0.3) is 0 Å². The highest BCUT2D eigenvalue weighted by molar-refractivity contribution is 8.03. The van der Waals surface area contributed by atoms with Crippen LogP contribution in [0.2, 0.25) is 19.6 Å². The minimum Gasteiger partial charge on any atom is -0.519 e. The molecular formula is C14H22O2SSi. The Morgan fingerprint density at radius 1 is 1.17 bits per heavy atom. The molecule has 0 aliphatic heterocycles. The van der Waals surface area contributed by atoms with E-state index in [0.717, 1.165) is 4.91 Å². The standard InChI is InChI=1S/C14H22O2SSi/c1-6-15-14(16-18(3,4)5)12(2)17-13-10-8-7-9-11-13/h7-11H,6H2,1-5H3/b14-12-. The van der Waals surface area contributed by atoms with Gasteiger partial charge < -0.3 is 9.16 Å². The largest absolute Gasteiger partial charge is 0.519 e. The van der Waals surface area contributed by atoms with Crippen molar-refractivity contribution in [3.05, 3.63) is 41.2 Å². The zero-order chi connectivity index (χ0) is 13.6. The van der Waals surface area contributed by atoms with Gasteiger partial charge in [-0.05, 0) is 45.6 Å². The monoisotopic (exact) mass is 282 g/mol. The SMILES string of the molecule is CCO/C(O[Si](C)(C)C)=C(\C)Sc1ccccc1. The van der Waals surface area contributed by atoms with E-state index in [-0.39, 0.29) is 0 Å². The first-order chi connectivity index (χ1) is 8.42. The van der Waals surface area contributed by atoms with Crippen LogP contribution in [0.1, 0.15) is 13.8 Å². The lowest BCUT2D eigenvalue weighted by molar-refractivity contribution is 0.110. The number of hydrogen-bond donors (Lipinski definition) is 0. The quantitative estimate of drug-likeness (QED) is 0.422. The predicted molar refractivity (Wildman–Crippen MR) is 81.1 cm³/mol.